The summed E-state index contributed by atoms with van der Waals surface area (Å²) in [6.45, 7) is 4.75. The fourth-order valence-electron chi connectivity index (χ4n) is 5.28. The Hall–Kier alpha value is -2.98. The van der Waals surface area contributed by atoms with Gasteiger partial charge in [0, 0.05) is 51.1 Å². The van der Waals surface area contributed by atoms with Gasteiger partial charge in [-0.3, -0.25) is 14.5 Å². The normalized spacial score (nSPS) is 20.9. The van der Waals surface area contributed by atoms with Crippen molar-refractivity contribution >= 4 is 29.4 Å². The van der Waals surface area contributed by atoms with Crippen LogP contribution in [0, 0.1) is 5.92 Å². The van der Waals surface area contributed by atoms with Crippen molar-refractivity contribution in [2.24, 2.45) is 5.92 Å². The Morgan fingerprint density at radius 2 is 1.89 bits per heavy atom. The Kier molecular flexibility index (Phi) is 7.52. The van der Waals surface area contributed by atoms with Crippen molar-refractivity contribution in [3.05, 3.63) is 35.2 Å². The zero-order valence-electron chi connectivity index (χ0n) is 20.4. The number of halogens is 1. The number of anilines is 1. The van der Waals surface area contributed by atoms with Crippen LogP contribution in [-0.4, -0.2) is 82.5 Å². The number of esters is 1. The number of carbonyl (C=O) groups is 2. The number of nitrogens with zero attached hydrogens (tertiary/aromatic N) is 6. The van der Waals surface area contributed by atoms with Gasteiger partial charge in [-0.25, -0.2) is 15.0 Å². The van der Waals surface area contributed by atoms with Crippen molar-refractivity contribution in [1.29, 1.82) is 0 Å². The predicted molar refractivity (Wildman–Crippen MR) is 133 cm³/mol. The van der Waals surface area contributed by atoms with Gasteiger partial charge in [0.2, 0.25) is 17.7 Å². The molecule has 3 aliphatic heterocycles. The molecule has 1 amide bonds. The number of aromatic nitrogens is 3. The Balaban J connectivity index is 1.16. The number of rotatable bonds is 7. The number of carbonyl (C=O) groups excluding carboxylic acids is 2. The molecule has 10 nitrogen and oxygen atoms in total. The van der Waals surface area contributed by atoms with E-state index in [1.54, 1.807) is 12.4 Å². The molecule has 2 aromatic rings. The highest BCUT2D eigenvalue weighted by atomic mass is 35.5. The molecule has 0 bridgehead atoms. The third kappa shape index (κ3) is 5.87. The van der Waals surface area contributed by atoms with Crippen LogP contribution in [0.15, 0.2) is 24.5 Å². The molecule has 0 spiro atoms. The van der Waals surface area contributed by atoms with Gasteiger partial charge in [0.25, 0.3) is 0 Å². The second-order valence-corrected chi connectivity index (χ2v) is 10.1. The summed E-state index contributed by atoms with van der Waals surface area (Å²) in [7, 11) is 1.44. The quantitative estimate of drug-likeness (QED) is 0.407. The summed E-state index contributed by atoms with van der Waals surface area (Å²) in [5.41, 5.74) is 1.01. The average molecular weight is 515 g/mol. The van der Waals surface area contributed by atoms with Crippen LogP contribution in [0.5, 0.6) is 11.6 Å². The van der Waals surface area contributed by atoms with Crippen LogP contribution in [-0.2, 0) is 20.9 Å². The first kappa shape index (κ1) is 24.7. The van der Waals surface area contributed by atoms with Crippen molar-refractivity contribution in [3.63, 3.8) is 0 Å². The predicted octanol–water partition coefficient (Wildman–Crippen LogP) is 2.90. The van der Waals surface area contributed by atoms with Gasteiger partial charge in [0.1, 0.15) is 5.15 Å². The van der Waals surface area contributed by atoms with Crippen LogP contribution >= 0.6 is 11.6 Å². The summed E-state index contributed by atoms with van der Waals surface area (Å²) in [5.74, 6) is 2.00. The summed E-state index contributed by atoms with van der Waals surface area (Å²) in [5, 5.41) is 0.365. The summed E-state index contributed by atoms with van der Waals surface area (Å²) in [6, 6.07) is 3.98. The fraction of sp³-hybridized carbons (Fsp3) is 0.560. The van der Waals surface area contributed by atoms with Gasteiger partial charge >= 0.3 is 5.97 Å². The van der Waals surface area contributed by atoms with E-state index in [0.717, 1.165) is 57.5 Å². The number of methoxy groups -OCH3 is 1. The lowest BCUT2D eigenvalue weighted by molar-refractivity contribution is -0.142. The maximum atomic E-state index is 11.9. The fourth-order valence-corrected chi connectivity index (χ4v) is 5.51. The smallest absolute Gasteiger partial charge is 0.305 e. The molecule has 11 heteroatoms. The van der Waals surface area contributed by atoms with Crippen LogP contribution in [0.2, 0.25) is 5.15 Å². The number of hydrogen-bond donors (Lipinski definition) is 0. The first-order valence-corrected chi connectivity index (χ1v) is 12.8. The maximum absolute atomic E-state index is 11.9. The second-order valence-electron chi connectivity index (χ2n) is 9.68. The second kappa shape index (κ2) is 11.0. The number of pyridine rings is 1. The van der Waals surface area contributed by atoms with Crippen LogP contribution in [0.4, 0.5) is 5.95 Å². The van der Waals surface area contributed by atoms with E-state index in [1.165, 1.54) is 7.11 Å². The minimum absolute atomic E-state index is 0.138. The summed E-state index contributed by atoms with van der Waals surface area (Å²) >= 11 is 6.28. The number of amides is 1. The van der Waals surface area contributed by atoms with E-state index >= 15 is 0 Å². The molecule has 0 aromatic carbocycles. The molecule has 3 aliphatic rings. The van der Waals surface area contributed by atoms with Gasteiger partial charge < -0.3 is 19.3 Å². The van der Waals surface area contributed by atoms with Crippen molar-refractivity contribution in [2.75, 3.05) is 44.7 Å². The molecule has 0 radical (unpaired) electrons. The number of piperidine rings is 1. The zero-order valence-corrected chi connectivity index (χ0v) is 21.2. The van der Waals surface area contributed by atoms with E-state index in [4.69, 9.17) is 21.1 Å². The van der Waals surface area contributed by atoms with Crippen molar-refractivity contribution in [2.45, 2.75) is 44.7 Å². The van der Waals surface area contributed by atoms with Gasteiger partial charge in [-0.2, -0.15) is 0 Å². The minimum atomic E-state index is -0.138. The van der Waals surface area contributed by atoms with E-state index < -0.39 is 0 Å². The summed E-state index contributed by atoms with van der Waals surface area (Å²) < 4.78 is 10.7. The lowest BCUT2D eigenvalue weighted by atomic mass is 9.93. The highest BCUT2D eigenvalue weighted by Crippen LogP contribution is 2.28. The Labute approximate surface area is 215 Å². The number of likely N-dealkylation sites (tertiary alicyclic amines) is 1. The van der Waals surface area contributed by atoms with Crippen molar-refractivity contribution in [3.8, 4) is 11.6 Å². The highest BCUT2D eigenvalue weighted by molar-refractivity contribution is 6.29. The number of hydrogen-bond acceptors (Lipinski definition) is 9. The molecule has 1 unspecified atom stereocenters. The monoisotopic (exact) mass is 514 g/mol. The van der Waals surface area contributed by atoms with E-state index in [1.807, 2.05) is 17.0 Å². The molecule has 2 aromatic heterocycles. The zero-order chi connectivity index (χ0) is 25.1. The van der Waals surface area contributed by atoms with Crippen molar-refractivity contribution < 1.29 is 19.1 Å². The molecule has 3 fully saturated rings. The molecule has 0 aliphatic carbocycles. The largest absolute Gasteiger partial charge is 0.469 e. The maximum Gasteiger partial charge on any atom is 0.305 e. The van der Waals surface area contributed by atoms with E-state index in [0.29, 0.717) is 48.0 Å². The Bertz CT molecular complexity index is 1090. The molecule has 0 saturated carbocycles. The first-order valence-electron chi connectivity index (χ1n) is 12.5. The first-order chi connectivity index (χ1) is 17.5. The minimum Gasteiger partial charge on any atom is -0.469 e. The molecule has 0 N–H and O–H groups in total. The van der Waals surface area contributed by atoms with Gasteiger partial charge in [-0.1, -0.05) is 11.6 Å². The lowest BCUT2D eigenvalue weighted by Gasteiger charge is -2.37. The van der Waals surface area contributed by atoms with Crippen LogP contribution in [0.25, 0.3) is 0 Å². The molecule has 36 heavy (non-hydrogen) atoms. The number of ether oxygens (including phenoxy) is 2. The third-order valence-corrected chi connectivity index (χ3v) is 7.43. The topological polar surface area (TPSA) is 101 Å². The molecule has 1 atom stereocenters. The van der Waals surface area contributed by atoms with Crippen molar-refractivity contribution in [1.82, 2.24) is 24.8 Å². The van der Waals surface area contributed by atoms with Gasteiger partial charge in [0.15, 0.2) is 5.75 Å². The third-order valence-electron chi connectivity index (χ3n) is 7.24. The molecule has 3 saturated heterocycles. The molecular formula is C25H31ClN6O4. The summed E-state index contributed by atoms with van der Waals surface area (Å²) in [6.07, 6.45) is 7.23. The van der Waals surface area contributed by atoms with Crippen LogP contribution in [0.3, 0.4) is 0 Å². The molecule has 192 valence electrons. The van der Waals surface area contributed by atoms with Gasteiger partial charge in [-0.05, 0) is 49.9 Å². The van der Waals surface area contributed by atoms with E-state index in [9.17, 15) is 9.59 Å². The SMILES string of the molecule is COC(=O)CC1CCN(Cc2cc(Cl)nc(Oc3cnc(N4CCN5C(=O)CCC5C4)nc3)c2)CC1. The molecule has 5 rings (SSSR count). The Morgan fingerprint density at radius 3 is 2.64 bits per heavy atom. The summed E-state index contributed by atoms with van der Waals surface area (Å²) in [4.78, 5) is 43.2. The van der Waals surface area contributed by atoms with E-state index in [-0.39, 0.29) is 17.9 Å². The van der Waals surface area contributed by atoms with Gasteiger partial charge in [0.05, 0.1) is 19.5 Å². The Morgan fingerprint density at radius 1 is 1.11 bits per heavy atom. The van der Waals surface area contributed by atoms with Gasteiger partial charge in [-0.15, -0.1) is 0 Å². The molecule has 5 heterocycles. The van der Waals surface area contributed by atoms with Crippen LogP contribution < -0.4 is 9.64 Å². The highest BCUT2D eigenvalue weighted by Gasteiger charge is 2.36. The van der Waals surface area contributed by atoms with E-state index in [2.05, 4.69) is 24.8 Å². The number of piperazine rings is 1. The lowest BCUT2D eigenvalue weighted by Crippen LogP contribution is -2.51. The number of fused-ring (bicyclic) bond motifs is 1. The average Bonchev–Trinajstić information content (AvgIpc) is 3.25. The molecular weight excluding hydrogens is 484 g/mol. The van der Waals surface area contributed by atoms with Crippen LogP contribution in [0.1, 0.15) is 37.7 Å². The standard InChI is InChI=1S/C25H31ClN6O4/c1-35-24(34)12-17-4-6-30(7-5-17)15-18-10-21(26)29-22(11-18)36-20-13-27-25(28-14-20)31-8-9-32-19(16-31)2-3-23(32)33/h10-11,13-14,17,19H,2-9,12,15-16H2,1H3.